The maximum atomic E-state index is 13.2. The van der Waals surface area contributed by atoms with Crippen LogP contribution in [0.25, 0.3) is 11.1 Å². The number of carbonyl (C=O) groups is 1. The minimum Gasteiger partial charge on any atom is -0.404 e. The van der Waals surface area contributed by atoms with E-state index >= 15 is 0 Å². The first-order valence-electron chi connectivity index (χ1n) is 10.1. The lowest BCUT2D eigenvalue weighted by molar-refractivity contribution is -0.133. The van der Waals surface area contributed by atoms with Crippen LogP contribution in [0.15, 0.2) is 69.6 Å². The fourth-order valence-corrected chi connectivity index (χ4v) is 4.77. The molecule has 2 aromatic rings. The van der Waals surface area contributed by atoms with E-state index in [4.69, 9.17) is 16.5 Å². The maximum Gasteiger partial charge on any atom is 0.235 e. The average molecular weight is 447 g/mol. The minimum atomic E-state index is -0.820. The molecule has 3 rings (SSSR count). The number of carbonyl (C=O) groups excluding carboxylic acids is 1. The van der Waals surface area contributed by atoms with Crippen molar-refractivity contribution < 1.29 is 4.79 Å². The highest BCUT2D eigenvalue weighted by molar-refractivity contribution is 7.10. The van der Waals surface area contributed by atoms with Crippen molar-refractivity contribution in [3.8, 4) is 17.2 Å². The fourth-order valence-electron chi connectivity index (χ4n) is 3.69. The van der Waals surface area contributed by atoms with E-state index in [-0.39, 0.29) is 11.9 Å². The van der Waals surface area contributed by atoms with Crippen molar-refractivity contribution in [1.29, 1.82) is 5.26 Å². The van der Waals surface area contributed by atoms with Crippen LogP contribution in [0, 0.1) is 17.2 Å². The Morgan fingerprint density at radius 3 is 2.88 bits per heavy atom. The summed E-state index contributed by atoms with van der Waals surface area (Å²) in [6, 6.07) is 11.6. The highest BCUT2D eigenvalue weighted by Crippen LogP contribution is 2.44. The number of hydrogen-bond acceptors (Lipinski definition) is 7. The number of allylic oxidation sites excluding steroid dienone is 3. The Morgan fingerprint density at radius 1 is 1.41 bits per heavy atom. The summed E-state index contributed by atoms with van der Waals surface area (Å²) in [5, 5.41) is 11.2. The van der Waals surface area contributed by atoms with Gasteiger partial charge in [-0.15, -0.1) is 11.3 Å². The average Bonchev–Trinajstić information content (AvgIpc) is 3.30. The largest absolute Gasteiger partial charge is 0.404 e. The van der Waals surface area contributed by atoms with Gasteiger partial charge in [0.15, 0.2) is 5.96 Å². The van der Waals surface area contributed by atoms with E-state index in [2.05, 4.69) is 11.1 Å². The van der Waals surface area contributed by atoms with Crippen LogP contribution >= 0.6 is 11.3 Å². The van der Waals surface area contributed by atoms with Crippen LogP contribution in [0.1, 0.15) is 23.8 Å². The van der Waals surface area contributed by atoms with Gasteiger partial charge in [-0.1, -0.05) is 24.3 Å². The third-order valence-electron chi connectivity index (χ3n) is 5.57. The summed E-state index contributed by atoms with van der Waals surface area (Å²) in [7, 11) is 3.31. The SMILES string of the molecule is CN=CC(=C\N)/C=C/CC1C(=O)N(C)C(N)=N[C@]1(C)c1cc(-c2cccc(C#N)c2)cs1. The molecule has 1 unspecified atom stereocenters. The second-order valence-corrected chi connectivity index (χ2v) is 8.56. The highest BCUT2D eigenvalue weighted by Gasteiger charge is 2.46. The molecule has 0 saturated heterocycles. The Balaban J connectivity index is 1.99. The van der Waals surface area contributed by atoms with Crippen LogP contribution in [0.4, 0.5) is 0 Å². The molecule has 0 radical (unpaired) electrons. The summed E-state index contributed by atoms with van der Waals surface area (Å²) < 4.78 is 0. The van der Waals surface area contributed by atoms with Crippen molar-refractivity contribution in [2.75, 3.05) is 14.1 Å². The molecule has 2 atom stereocenters. The first-order chi connectivity index (χ1) is 15.3. The van der Waals surface area contributed by atoms with Crippen LogP contribution in [0.2, 0.25) is 0 Å². The van der Waals surface area contributed by atoms with Gasteiger partial charge < -0.3 is 11.5 Å². The van der Waals surface area contributed by atoms with E-state index in [0.29, 0.717) is 12.0 Å². The Hall–Kier alpha value is -3.70. The normalized spacial score (nSPS) is 21.9. The molecule has 32 heavy (non-hydrogen) atoms. The zero-order chi connectivity index (χ0) is 23.3. The second kappa shape index (κ2) is 9.62. The number of benzene rings is 1. The standard InChI is InChI=1S/C24H26N6OS/c1-24(21-11-19(15-32-21)18-8-4-6-16(10-18)12-25)20(22(31)30(3)23(27)29-24)9-5-7-17(13-26)14-28-2/h4-8,10-11,13-15,20H,9,26H2,1-3H3,(H2,27,29)/b7-5+,17-13-,28-14?/t20?,24-/m0/s1. The third-order valence-corrected chi connectivity index (χ3v) is 6.73. The van der Waals surface area contributed by atoms with E-state index in [1.165, 1.54) is 22.4 Å². The summed E-state index contributed by atoms with van der Waals surface area (Å²) in [4.78, 5) is 24.2. The number of amides is 1. The number of thiophene rings is 1. The lowest BCUT2D eigenvalue weighted by atomic mass is 9.79. The molecule has 1 aromatic heterocycles. The molecule has 1 aliphatic rings. The minimum absolute atomic E-state index is 0.0893. The van der Waals surface area contributed by atoms with Gasteiger partial charge in [0.05, 0.1) is 17.6 Å². The summed E-state index contributed by atoms with van der Waals surface area (Å²) in [5.74, 6) is -0.334. The van der Waals surface area contributed by atoms with Crippen LogP contribution < -0.4 is 11.5 Å². The smallest absolute Gasteiger partial charge is 0.235 e. The summed E-state index contributed by atoms with van der Waals surface area (Å²) in [6.45, 7) is 1.94. The Bertz CT molecular complexity index is 1170. The first-order valence-corrected chi connectivity index (χ1v) is 10.9. The number of rotatable bonds is 6. The molecule has 0 fully saturated rings. The second-order valence-electron chi connectivity index (χ2n) is 7.65. The predicted molar refractivity (Wildman–Crippen MR) is 130 cm³/mol. The monoisotopic (exact) mass is 446 g/mol. The molecular weight excluding hydrogens is 420 g/mol. The van der Waals surface area contributed by atoms with Crippen molar-refractivity contribution in [1.82, 2.24) is 4.90 Å². The maximum absolute atomic E-state index is 13.2. The molecule has 1 aromatic carbocycles. The van der Waals surface area contributed by atoms with Crippen LogP contribution in [-0.4, -0.2) is 37.1 Å². The van der Waals surface area contributed by atoms with Gasteiger partial charge in [0.1, 0.15) is 5.54 Å². The quantitative estimate of drug-likeness (QED) is 0.522. The van der Waals surface area contributed by atoms with Crippen LogP contribution in [0.5, 0.6) is 0 Å². The van der Waals surface area contributed by atoms with Gasteiger partial charge in [-0.2, -0.15) is 5.26 Å². The molecule has 0 spiro atoms. The number of nitrogens with two attached hydrogens (primary N) is 2. The molecule has 8 heteroatoms. The molecule has 2 heterocycles. The predicted octanol–water partition coefficient (Wildman–Crippen LogP) is 3.39. The third kappa shape index (κ3) is 4.48. The van der Waals surface area contributed by atoms with Gasteiger partial charge in [0.25, 0.3) is 0 Å². The van der Waals surface area contributed by atoms with Gasteiger partial charge >= 0.3 is 0 Å². The molecule has 164 valence electrons. The van der Waals surface area contributed by atoms with Crippen molar-refractivity contribution in [2.24, 2.45) is 27.4 Å². The molecule has 1 amide bonds. The summed E-state index contributed by atoms with van der Waals surface area (Å²) >= 11 is 1.53. The molecule has 0 aliphatic carbocycles. The number of nitrogens with zero attached hydrogens (tertiary/aromatic N) is 4. The highest BCUT2D eigenvalue weighted by atomic mass is 32.1. The van der Waals surface area contributed by atoms with Gasteiger partial charge in [0.2, 0.25) is 5.91 Å². The summed E-state index contributed by atoms with van der Waals surface area (Å²) in [5.41, 5.74) is 14.2. The molecule has 1 aliphatic heterocycles. The van der Waals surface area contributed by atoms with Gasteiger partial charge in [0, 0.05) is 37.0 Å². The Kier molecular flexibility index (Phi) is 6.91. The van der Waals surface area contributed by atoms with E-state index in [1.807, 2.05) is 48.7 Å². The van der Waals surface area contributed by atoms with E-state index in [0.717, 1.165) is 21.6 Å². The topological polar surface area (TPSA) is 121 Å². The lowest BCUT2D eigenvalue weighted by Crippen LogP contribution is -2.53. The lowest BCUT2D eigenvalue weighted by Gasteiger charge is -2.39. The number of hydrogen-bond donors (Lipinski definition) is 2. The van der Waals surface area contributed by atoms with Crippen LogP contribution in [0.3, 0.4) is 0 Å². The van der Waals surface area contributed by atoms with E-state index < -0.39 is 11.5 Å². The molecule has 0 saturated carbocycles. The fraction of sp³-hybridized carbons (Fsp3) is 0.250. The molecule has 4 N–H and O–H groups in total. The van der Waals surface area contributed by atoms with Crippen molar-refractivity contribution in [3.05, 3.63) is 70.1 Å². The number of nitriles is 1. The van der Waals surface area contributed by atoms with Crippen molar-refractivity contribution in [3.63, 3.8) is 0 Å². The number of guanidine groups is 1. The Morgan fingerprint density at radius 2 is 2.19 bits per heavy atom. The van der Waals surface area contributed by atoms with Crippen molar-refractivity contribution >= 4 is 29.4 Å². The van der Waals surface area contributed by atoms with E-state index in [1.54, 1.807) is 26.4 Å². The van der Waals surface area contributed by atoms with Gasteiger partial charge in [-0.25, -0.2) is 4.99 Å². The molecule has 7 nitrogen and oxygen atoms in total. The zero-order valence-corrected chi connectivity index (χ0v) is 19.1. The molecular formula is C24H26N6OS. The Labute approximate surface area is 192 Å². The first kappa shape index (κ1) is 23.0. The number of aliphatic imine (C=N–C) groups is 2. The summed E-state index contributed by atoms with van der Waals surface area (Å²) in [6.07, 6.45) is 7.34. The van der Waals surface area contributed by atoms with Crippen LogP contribution in [-0.2, 0) is 10.3 Å². The van der Waals surface area contributed by atoms with Gasteiger partial charge in [-0.05, 0) is 48.1 Å². The molecule has 0 bridgehead atoms. The van der Waals surface area contributed by atoms with Crippen molar-refractivity contribution in [2.45, 2.75) is 18.9 Å². The van der Waals surface area contributed by atoms with E-state index in [9.17, 15) is 10.1 Å². The van der Waals surface area contributed by atoms with Gasteiger partial charge in [-0.3, -0.25) is 14.7 Å². The zero-order valence-electron chi connectivity index (χ0n) is 18.3.